The second-order valence-corrected chi connectivity index (χ2v) is 10.7. The van der Waals surface area contributed by atoms with Crippen LogP contribution in [0.2, 0.25) is 0 Å². The largest absolute Gasteiger partial charge is 0.491 e. The van der Waals surface area contributed by atoms with Crippen LogP contribution in [-0.4, -0.2) is 77.6 Å². The lowest BCUT2D eigenvalue weighted by Crippen LogP contribution is -2.40. The fourth-order valence-electron chi connectivity index (χ4n) is 3.89. The zero-order chi connectivity index (χ0) is 23.8. The fraction of sp³-hybridized carbons (Fsp3) is 0.538. The molecule has 1 heterocycles. The van der Waals surface area contributed by atoms with Crippen LogP contribution in [0.5, 0.6) is 11.5 Å². The van der Waals surface area contributed by atoms with Crippen molar-refractivity contribution in [1.29, 1.82) is 0 Å². The van der Waals surface area contributed by atoms with Gasteiger partial charge < -0.3 is 19.7 Å². The van der Waals surface area contributed by atoms with E-state index in [0.717, 1.165) is 41.7 Å². The molecule has 0 bridgehead atoms. The van der Waals surface area contributed by atoms with Crippen LogP contribution in [0.1, 0.15) is 30.5 Å². The molecule has 0 saturated carbocycles. The summed E-state index contributed by atoms with van der Waals surface area (Å²) in [7, 11) is 0. The Morgan fingerprint density at radius 2 is 1.61 bits per heavy atom. The molecular weight excluding hydrogens is 458 g/mol. The van der Waals surface area contributed by atoms with Crippen molar-refractivity contribution in [3.05, 3.63) is 59.2 Å². The Labute approximate surface area is 207 Å². The van der Waals surface area contributed by atoms with E-state index in [1.165, 1.54) is 11.1 Å². The number of nitrogens with zero attached hydrogens (tertiary/aromatic N) is 1. The highest BCUT2D eigenvalue weighted by Gasteiger charge is 2.24. The van der Waals surface area contributed by atoms with Crippen LogP contribution in [0.4, 0.5) is 0 Å². The monoisotopic (exact) mass is 493 g/mol. The Bertz CT molecular complexity index is 871. The first-order valence-electron chi connectivity index (χ1n) is 11.5. The molecule has 2 aromatic rings. The Balaban J connectivity index is 1.57. The molecule has 7 heteroatoms. The Hall–Kier alpha value is -1.44. The van der Waals surface area contributed by atoms with E-state index in [4.69, 9.17) is 21.1 Å². The normalized spacial score (nSPS) is 16.9. The van der Waals surface area contributed by atoms with Gasteiger partial charge in [0, 0.05) is 36.6 Å². The first-order chi connectivity index (χ1) is 15.8. The predicted molar refractivity (Wildman–Crippen MR) is 137 cm³/mol. The highest BCUT2D eigenvalue weighted by molar-refractivity contribution is 7.99. The van der Waals surface area contributed by atoms with Crippen molar-refractivity contribution in [2.45, 2.75) is 38.4 Å². The van der Waals surface area contributed by atoms with E-state index in [1.807, 2.05) is 36.9 Å². The molecule has 3 rings (SSSR count). The van der Waals surface area contributed by atoms with Gasteiger partial charge in [-0.1, -0.05) is 38.1 Å². The van der Waals surface area contributed by atoms with E-state index in [-0.39, 0.29) is 17.9 Å². The summed E-state index contributed by atoms with van der Waals surface area (Å²) in [6.07, 6.45) is -1.16. The van der Waals surface area contributed by atoms with E-state index in [9.17, 15) is 10.2 Å². The number of aliphatic hydroxyl groups is 2. The SMILES string of the molecule is Cc1cc(C(C)(C)c2ccc(OC[C@H](O)CN3CCSCC3)cc2)ccc1OC[C@@H](O)CCl. The summed E-state index contributed by atoms with van der Waals surface area (Å²) in [5.41, 5.74) is 3.16. The van der Waals surface area contributed by atoms with Gasteiger partial charge in [-0.3, -0.25) is 4.90 Å². The van der Waals surface area contributed by atoms with Crippen molar-refractivity contribution in [2.24, 2.45) is 0 Å². The number of hydrogen-bond donors (Lipinski definition) is 2. The standard InChI is InChI=1S/C26H36ClNO4S/c1-19-14-21(6-9-25(19)32-17-22(29)15-27)26(2,3)20-4-7-24(8-5-20)31-18-23(30)16-28-10-12-33-13-11-28/h4-9,14,22-23,29-30H,10-13,15-18H2,1-3H3/t22-,23+/m0/s1. The highest BCUT2D eigenvalue weighted by atomic mass is 35.5. The van der Waals surface area contributed by atoms with E-state index < -0.39 is 12.2 Å². The average Bonchev–Trinajstić information content (AvgIpc) is 2.82. The number of β-amino-alcohol motifs (C(OH)–C–C–N with tert-alkyl or cyclic N) is 1. The van der Waals surface area contributed by atoms with Gasteiger partial charge >= 0.3 is 0 Å². The minimum absolute atomic E-state index is 0.153. The predicted octanol–water partition coefficient (Wildman–Crippen LogP) is 4.09. The maximum Gasteiger partial charge on any atom is 0.122 e. The van der Waals surface area contributed by atoms with Gasteiger partial charge in [0.15, 0.2) is 0 Å². The molecular formula is C26H36ClNO4S. The molecule has 1 fully saturated rings. The summed E-state index contributed by atoms with van der Waals surface area (Å²) in [5, 5.41) is 19.9. The topological polar surface area (TPSA) is 62.2 Å². The molecule has 0 amide bonds. The average molecular weight is 494 g/mol. The molecule has 0 aliphatic carbocycles. The Morgan fingerprint density at radius 3 is 2.24 bits per heavy atom. The van der Waals surface area contributed by atoms with Crippen molar-refractivity contribution in [3.8, 4) is 11.5 Å². The number of aryl methyl sites for hydroxylation is 1. The van der Waals surface area contributed by atoms with E-state index >= 15 is 0 Å². The van der Waals surface area contributed by atoms with Gasteiger partial charge in [0.05, 0.1) is 5.88 Å². The number of ether oxygens (including phenoxy) is 2. The third-order valence-corrected chi connectivity index (χ3v) is 7.40. The van der Waals surface area contributed by atoms with Gasteiger partial charge in [0.1, 0.15) is 36.9 Å². The second-order valence-electron chi connectivity index (χ2n) is 9.13. The summed E-state index contributed by atoms with van der Waals surface area (Å²) in [4.78, 5) is 2.30. The maximum absolute atomic E-state index is 10.3. The lowest BCUT2D eigenvalue weighted by molar-refractivity contribution is 0.0715. The molecule has 2 atom stereocenters. The number of hydrogen-bond acceptors (Lipinski definition) is 6. The smallest absolute Gasteiger partial charge is 0.122 e. The molecule has 1 aliphatic heterocycles. The minimum atomic E-state index is -0.673. The third-order valence-electron chi connectivity index (χ3n) is 6.10. The molecule has 0 radical (unpaired) electrons. The van der Waals surface area contributed by atoms with Crippen LogP contribution in [0.3, 0.4) is 0 Å². The lowest BCUT2D eigenvalue weighted by atomic mass is 9.77. The van der Waals surface area contributed by atoms with Crippen molar-refractivity contribution in [1.82, 2.24) is 4.90 Å². The van der Waals surface area contributed by atoms with Crippen molar-refractivity contribution < 1.29 is 19.7 Å². The minimum Gasteiger partial charge on any atom is -0.491 e. The quantitative estimate of drug-likeness (QED) is 0.460. The molecule has 33 heavy (non-hydrogen) atoms. The zero-order valence-electron chi connectivity index (χ0n) is 19.8. The Kier molecular flexibility index (Phi) is 9.77. The summed E-state index contributed by atoms with van der Waals surface area (Å²) in [6.45, 7) is 9.60. The number of rotatable bonds is 11. The first kappa shape index (κ1) is 26.2. The van der Waals surface area contributed by atoms with E-state index in [1.54, 1.807) is 0 Å². The lowest BCUT2D eigenvalue weighted by Gasteiger charge is -2.28. The molecule has 1 aliphatic rings. The third kappa shape index (κ3) is 7.52. The molecule has 0 spiro atoms. The highest BCUT2D eigenvalue weighted by Crippen LogP contribution is 2.34. The second kappa shape index (κ2) is 12.3. The number of halogens is 1. The van der Waals surface area contributed by atoms with E-state index in [2.05, 4.69) is 43.0 Å². The molecule has 0 unspecified atom stereocenters. The number of alkyl halides is 1. The molecule has 5 nitrogen and oxygen atoms in total. The van der Waals surface area contributed by atoms with Crippen molar-refractivity contribution in [3.63, 3.8) is 0 Å². The molecule has 0 aromatic heterocycles. The van der Waals surface area contributed by atoms with Gasteiger partial charge in [-0.2, -0.15) is 11.8 Å². The molecule has 2 aromatic carbocycles. The van der Waals surface area contributed by atoms with E-state index in [0.29, 0.717) is 13.2 Å². The first-order valence-corrected chi connectivity index (χ1v) is 13.2. The van der Waals surface area contributed by atoms with Crippen molar-refractivity contribution >= 4 is 23.4 Å². The van der Waals surface area contributed by atoms with Crippen LogP contribution < -0.4 is 9.47 Å². The zero-order valence-corrected chi connectivity index (χ0v) is 21.4. The van der Waals surface area contributed by atoms with Gasteiger partial charge in [0.2, 0.25) is 0 Å². The van der Waals surface area contributed by atoms with Gasteiger partial charge in [0.25, 0.3) is 0 Å². The van der Waals surface area contributed by atoms with Crippen LogP contribution in [-0.2, 0) is 5.41 Å². The Morgan fingerprint density at radius 1 is 0.970 bits per heavy atom. The maximum atomic E-state index is 10.3. The van der Waals surface area contributed by atoms with Gasteiger partial charge in [-0.25, -0.2) is 0 Å². The molecule has 182 valence electrons. The number of benzene rings is 2. The fourth-order valence-corrected chi connectivity index (χ4v) is 4.96. The van der Waals surface area contributed by atoms with Gasteiger partial charge in [-0.05, 0) is 41.8 Å². The summed E-state index contributed by atoms with van der Waals surface area (Å²) in [5.74, 6) is 3.94. The summed E-state index contributed by atoms with van der Waals surface area (Å²) < 4.78 is 11.5. The molecule has 2 N–H and O–H groups in total. The van der Waals surface area contributed by atoms with Crippen LogP contribution in [0, 0.1) is 6.92 Å². The van der Waals surface area contributed by atoms with Crippen molar-refractivity contribution in [2.75, 3.05) is 50.2 Å². The molecule has 1 saturated heterocycles. The summed E-state index contributed by atoms with van der Waals surface area (Å²) >= 11 is 7.61. The van der Waals surface area contributed by atoms with Crippen LogP contribution in [0.15, 0.2) is 42.5 Å². The number of aliphatic hydroxyl groups excluding tert-OH is 2. The van der Waals surface area contributed by atoms with Gasteiger partial charge in [-0.15, -0.1) is 11.6 Å². The number of thioether (sulfide) groups is 1. The van der Waals surface area contributed by atoms with Crippen LogP contribution >= 0.6 is 23.4 Å². The summed E-state index contributed by atoms with van der Waals surface area (Å²) in [6, 6.07) is 14.3. The van der Waals surface area contributed by atoms with Crippen LogP contribution in [0.25, 0.3) is 0 Å².